The number of nitrogen functional groups attached to an aromatic ring is 1. The minimum atomic E-state index is -1.03. The summed E-state index contributed by atoms with van der Waals surface area (Å²) in [5.41, 5.74) is 4.80. The van der Waals surface area contributed by atoms with E-state index in [1.807, 2.05) is 0 Å². The summed E-state index contributed by atoms with van der Waals surface area (Å²) >= 11 is 3.06. The molecule has 0 fully saturated rings. The van der Waals surface area contributed by atoms with Crippen molar-refractivity contribution < 1.29 is 18.0 Å². The third kappa shape index (κ3) is 2.93. The van der Waals surface area contributed by atoms with Crippen molar-refractivity contribution in [2.45, 2.75) is 0 Å². The second-order valence-corrected chi connectivity index (χ2v) is 4.79. The van der Waals surface area contributed by atoms with Gasteiger partial charge in [-0.2, -0.15) is 0 Å². The van der Waals surface area contributed by atoms with Gasteiger partial charge in [0.25, 0.3) is 5.91 Å². The second-order valence-electron chi connectivity index (χ2n) is 3.93. The topological polar surface area (TPSA) is 55.1 Å². The lowest BCUT2D eigenvalue weighted by molar-refractivity contribution is 0.102. The van der Waals surface area contributed by atoms with E-state index in [2.05, 4.69) is 21.2 Å². The van der Waals surface area contributed by atoms with E-state index in [0.29, 0.717) is 10.5 Å². The van der Waals surface area contributed by atoms with Gasteiger partial charge in [-0.3, -0.25) is 4.79 Å². The Balaban J connectivity index is 2.31. The molecule has 0 heterocycles. The lowest BCUT2D eigenvalue weighted by Gasteiger charge is -2.09. The zero-order chi connectivity index (χ0) is 14.9. The fourth-order valence-electron chi connectivity index (χ4n) is 1.52. The number of hydrogen-bond donors (Lipinski definition) is 2. The molecule has 0 aliphatic carbocycles. The Kier molecular flexibility index (Phi) is 3.99. The molecule has 0 radical (unpaired) electrons. The van der Waals surface area contributed by atoms with Crippen LogP contribution in [-0.4, -0.2) is 5.91 Å². The van der Waals surface area contributed by atoms with Crippen LogP contribution in [0.3, 0.4) is 0 Å². The Morgan fingerprint density at radius 2 is 1.80 bits per heavy atom. The van der Waals surface area contributed by atoms with Crippen molar-refractivity contribution in [3.63, 3.8) is 0 Å². The highest BCUT2D eigenvalue weighted by Crippen LogP contribution is 2.24. The van der Waals surface area contributed by atoms with Gasteiger partial charge in [-0.25, -0.2) is 13.2 Å². The number of benzene rings is 2. The summed E-state index contributed by atoms with van der Waals surface area (Å²) < 4.78 is 39.7. The second kappa shape index (κ2) is 5.54. The smallest absolute Gasteiger partial charge is 0.258 e. The summed E-state index contributed by atoms with van der Waals surface area (Å²) in [5, 5.41) is 2.37. The van der Waals surface area contributed by atoms with Crippen molar-refractivity contribution in [3.8, 4) is 0 Å². The van der Waals surface area contributed by atoms with Gasteiger partial charge in [-0.05, 0) is 40.2 Å². The quantitative estimate of drug-likeness (QED) is 0.816. The van der Waals surface area contributed by atoms with Crippen molar-refractivity contribution >= 4 is 33.2 Å². The van der Waals surface area contributed by atoms with Gasteiger partial charge in [-0.1, -0.05) is 0 Å². The number of halogens is 4. The van der Waals surface area contributed by atoms with Crippen molar-refractivity contribution in [2.75, 3.05) is 11.1 Å². The van der Waals surface area contributed by atoms with Crippen LogP contribution >= 0.6 is 15.9 Å². The molecule has 0 spiro atoms. The molecule has 7 heteroatoms. The average molecular weight is 345 g/mol. The molecular weight excluding hydrogens is 337 g/mol. The molecule has 20 heavy (non-hydrogen) atoms. The summed E-state index contributed by atoms with van der Waals surface area (Å²) in [6.45, 7) is 0. The van der Waals surface area contributed by atoms with E-state index in [1.54, 1.807) is 0 Å². The van der Waals surface area contributed by atoms with Gasteiger partial charge >= 0.3 is 0 Å². The third-order valence-corrected chi connectivity index (χ3v) is 3.17. The number of hydrogen-bond acceptors (Lipinski definition) is 2. The average Bonchev–Trinajstić information content (AvgIpc) is 2.37. The first-order valence-electron chi connectivity index (χ1n) is 5.39. The van der Waals surface area contributed by atoms with E-state index in [4.69, 9.17) is 5.73 Å². The number of amides is 1. The van der Waals surface area contributed by atoms with Crippen molar-refractivity contribution in [1.82, 2.24) is 0 Å². The predicted molar refractivity (Wildman–Crippen MR) is 72.8 cm³/mol. The zero-order valence-electron chi connectivity index (χ0n) is 9.88. The summed E-state index contributed by atoms with van der Waals surface area (Å²) in [6, 6.07) is 5.02. The highest BCUT2D eigenvalue weighted by Gasteiger charge is 2.16. The molecule has 3 nitrogen and oxygen atoms in total. The number of rotatable bonds is 2. The molecule has 0 saturated heterocycles. The molecule has 0 aromatic heterocycles. The van der Waals surface area contributed by atoms with E-state index < -0.39 is 28.9 Å². The lowest BCUT2D eigenvalue weighted by Crippen LogP contribution is -2.15. The summed E-state index contributed by atoms with van der Waals surface area (Å²) in [5.74, 6) is -3.29. The standard InChI is InChI=1S/C13H8BrF3N2O/c14-8-3-6(15)1-2-12(8)19-13(20)7-4-11(18)10(17)5-9(7)16/h1-5H,18H2,(H,19,20). The van der Waals surface area contributed by atoms with Gasteiger partial charge in [0.2, 0.25) is 0 Å². The molecule has 2 aromatic carbocycles. The molecule has 0 aliphatic heterocycles. The highest BCUT2D eigenvalue weighted by atomic mass is 79.9. The Hall–Kier alpha value is -2.02. The van der Waals surface area contributed by atoms with E-state index in [-0.39, 0.29) is 11.4 Å². The number of anilines is 2. The fourth-order valence-corrected chi connectivity index (χ4v) is 1.97. The molecular formula is C13H8BrF3N2O. The SMILES string of the molecule is Nc1cc(C(=O)Nc2ccc(F)cc2Br)c(F)cc1F. The summed E-state index contributed by atoms with van der Waals surface area (Å²) in [4.78, 5) is 11.9. The molecule has 0 bridgehead atoms. The minimum absolute atomic E-state index is 0.249. The van der Waals surface area contributed by atoms with Crippen LogP contribution in [-0.2, 0) is 0 Å². The third-order valence-electron chi connectivity index (χ3n) is 2.51. The van der Waals surface area contributed by atoms with Crippen LogP contribution in [0.5, 0.6) is 0 Å². The van der Waals surface area contributed by atoms with Gasteiger partial charge in [0.05, 0.1) is 16.9 Å². The summed E-state index contributed by atoms with van der Waals surface area (Å²) in [7, 11) is 0. The van der Waals surface area contributed by atoms with Gasteiger partial charge < -0.3 is 11.1 Å². The Morgan fingerprint density at radius 3 is 2.45 bits per heavy atom. The lowest BCUT2D eigenvalue weighted by atomic mass is 10.1. The van der Waals surface area contributed by atoms with Crippen LogP contribution in [0.1, 0.15) is 10.4 Å². The largest absolute Gasteiger partial charge is 0.396 e. The van der Waals surface area contributed by atoms with Crippen LogP contribution in [0.2, 0.25) is 0 Å². The van der Waals surface area contributed by atoms with Crippen LogP contribution in [0.4, 0.5) is 24.5 Å². The van der Waals surface area contributed by atoms with Gasteiger partial charge in [-0.15, -0.1) is 0 Å². The minimum Gasteiger partial charge on any atom is -0.396 e. The molecule has 0 atom stereocenters. The molecule has 0 unspecified atom stereocenters. The first-order valence-corrected chi connectivity index (χ1v) is 6.18. The van der Waals surface area contributed by atoms with Gasteiger partial charge in [0, 0.05) is 10.5 Å². The molecule has 3 N–H and O–H groups in total. The molecule has 0 aliphatic rings. The summed E-state index contributed by atoms with van der Waals surface area (Å²) in [6.07, 6.45) is 0. The normalized spacial score (nSPS) is 10.4. The Morgan fingerprint density at radius 1 is 1.10 bits per heavy atom. The number of carbonyl (C=O) groups is 1. The van der Waals surface area contributed by atoms with Crippen LogP contribution < -0.4 is 11.1 Å². The molecule has 2 aromatic rings. The van der Waals surface area contributed by atoms with Gasteiger partial charge in [0.15, 0.2) is 0 Å². The van der Waals surface area contributed by atoms with Crippen molar-refractivity contribution in [1.29, 1.82) is 0 Å². The van der Waals surface area contributed by atoms with Crippen LogP contribution in [0.15, 0.2) is 34.8 Å². The monoisotopic (exact) mass is 344 g/mol. The molecule has 1 amide bonds. The van der Waals surface area contributed by atoms with Crippen LogP contribution in [0.25, 0.3) is 0 Å². The van der Waals surface area contributed by atoms with E-state index >= 15 is 0 Å². The number of nitrogens with two attached hydrogens (primary N) is 1. The van der Waals surface area contributed by atoms with E-state index in [1.165, 1.54) is 6.07 Å². The highest BCUT2D eigenvalue weighted by molar-refractivity contribution is 9.10. The first-order chi connectivity index (χ1) is 9.38. The van der Waals surface area contributed by atoms with Crippen LogP contribution in [0, 0.1) is 17.5 Å². The Labute approximate surface area is 120 Å². The molecule has 104 valence electrons. The predicted octanol–water partition coefficient (Wildman–Crippen LogP) is 3.70. The van der Waals surface area contributed by atoms with Crippen molar-refractivity contribution in [2.24, 2.45) is 0 Å². The zero-order valence-corrected chi connectivity index (χ0v) is 11.5. The maximum Gasteiger partial charge on any atom is 0.258 e. The fraction of sp³-hybridized carbons (Fsp3) is 0. The Bertz CT molecular complexity index is 692. The first kappa shape index (κ1) is 14.4. The molecule has 0 saturated carbocycles. The number of carbonyl (C=O) groups excluding carboxylic acids is 1. The number of nitrogens with one attached hydrogen (secondary N) is 1. The maximum absolute atomic E-state index is 13.5. The van der Waals surface area contributed by atoms with E-state index in [9.17, 15) is 18.0 Å². The van der Waals surface area contributed by atoms with Crippen molar-refractivity contribution in [3.05, 3.63) is 57.8 Å². The van der Waals surface area contributed by atoms with Gasteiger partial charge in [0.1, 0.15) is 17.5 Å². The van der Waals surface area contributed by atoms with E-state index in [0.717, 1.165) is 18.2 Å². The maximum atomic E-state index is 13.5. The molecule has 2 rings (SSSR count).